The van der Waals surface area contributed by atoms with Crippen LogP contribution in [-0.4, -0.2) is 4.99 Å². The van der Waals surface area contributed by atoms with Crippen molar-refractivity contribution < 1.29 is 4.39 Å². The summed E-state index contributed by atoms with van der Waals surface area (Å²) in [5.74, 6) is -0.332. The average Bonchev–Trinajstić information content (AvgIpc) is 2.03. The summed E-state index contributed by atoms with van der Waals surface area (Å²) in [4.78, 5) is 0.107. The molecule has 0 saturated heterocycles. The van der Waals surface area contributed by atoms with Crippen molar-refractivity contribution in [2.75, 3.05) is 0 Å². The van der Waals surface area contributed by atoms with E-state index in [1.165, 1.54) is 6.07 Å². The van der Waals surface area contributed by atoms with Crippen molar-refractivity contribution in [2.45, 2.75) is 13.3 Å². The highest BCUT2D eigenvalue weighted by Gasteiger charge is 2.04. The topological polar surface area (TPSA) is 26.0 Å². The van der Waals surface area contributed by atoms with Crippen LogP contribution in [0, 0.1) is 5.82 Å². The molecule has 0 unspecified atom stereocenters. The molecule has 0 aliphatic heterocycles. The molecule has 0 aliphatic carbocycles. The number of hydrogen-bond donors (Lipinski definition) is 1. The second kappa shape index (κ2) is 3.63. The molecule has 0 spiro atoms. The zero-order valence-electron chi connectivity index (χ0n) is 6.80. The van der Waals surface area contributed by atoms with Gasteiger partial charge in [-0.2, -0.15) is 0 Å². The van der Waals surface area contributed by atoms with Crippen LogP contribution in [0.3, 0.4) is 0 Å². The maximum atomic E-state index is 13.1. The van der Waals surface area contributed by atoms with Crippen LogP contribution < -0.4 is 5.73 Å². The Kier molecular flexibility index (Phi) is 2.76. The number of halogens is 1. The Labute approximate surface area is 76.4 Å². The van der Waals surface area contributed by atoms with E-state index in [0.717, 1.165) is 12.0 Å². The maximum Gasteiger partial charge on any atom is 0.133 e. The number of rotatable bonds is 2. The molecule has 0 aromatic heterocycles. The van der Waals surface area contributed by atoms with E-state index in [9.17, 15) is 4.39 Å². The van der Waals surface area contributed by atoms with Gasteiger partial charge in [-0.15, -0.1) is 0 Å². The molecule has 0 amide bonds. The minimum atomic E-state index is -0.332. The van der Waals surface area contributed by atoms with Gasteiger partial charge < -0.3 is 5.73 Å². The number of benzene rings is 1. The van der Waals surface area contributed by atoms with Crippen LogP contribution in [0.4, 0.5) is 4.39 Å². The minimum absolute atomic E-state index is 0.107. The highest BCUT2D eigenvalue weighted by Crippen LogP contribution is 2.10. The standard InChI is InChI=1S/C9H10FNS/c1-2-6-3-4-7(9(11)12)8(10)5-6/h3-5H,2H2,1H3,(H2,11,12). The number of nitrogens with two attached hydrogens (primary N) is 1. The number of aryl methyl sites for hydroxylation is 1. The molecule has 0 heterocycles. The normalized spacial score (nSPS) is 9.83. The van der Waals surface area contributed by atoms with Crippen molar-refractivity contribution in [3.63, 3.8) is 0 Å². The summed E-state index contributed by atoms with van der Waals surface area (Å²) in [6.07, 6.45) is 0.814. The molecule has 1 nitrogen and oxygen atoms in total. The van der Waals surface area contributed by atoms with Crippen LogP contribution in [0.15, 0.2) is 18.2 Å². The lowest BCUT2D eigenvalue weighted by atomic mass is 10.1. The average molecular weight is 183 g/mol. The summed E-state index contributed by atoms with van der Waals surface area (Å²) in [7, 11) is 0. The first-order chi connectivity index (χ1) is 5.65. The molecule has 0 bridgehead atoms. The van der Waals surface area contributed by atoms with Gasteiger partial charge in [-0.1, -0.05) is 25.2 Å². The van der Waals surface area contributed by atoms with Crippen molar-refractivity contribution >= 4 is 17.2 Å². The quantitative estimate of drug-likeness (QED) is 0.710. The van der Waals surface area contributed by atoms with Gasteiger partial charge in [0.25, 0.3) is 0 Å². The lowest BCUT2D eigenvalue weighted by Crippen LogP contribution is -2.11. The highest BCUT2D eigenvalue weighted by molar-refractivity contribution is 7.80. The van der Waals surface area contributed by atoms with Crippen molar-refractivity contribution in [3.8, 4) is 0 Å². The van der Waals surface area contributed by atoms with Gasteiger partial charge in [-0.3, -0.25) is 0 Å². The summed E-state index contributed by atoms with van der Waals surface area (Å²) < 4.78 is 13.1. The molecule has 0 atom stereocenters. The number of thiocarbonyl (C=S) groups is 1. The van der Waals surface area contributed by atoms with E-state index in [4.69, 9.17) is 5.73 Å². The second-order valence-electron chi connectivity index (χ2n) is 2.53. The first kappa shape index (κ1) is 9.13. The molecule has 1 rings (SSSR count). The lowest BCUT2D eigenvalue weighted by molar-refractivity contribution is 0.623. The summed E-state index contributed by atoms with van der Waals surface area (Å²) in [5.41, 5.74) is 6.57. The van der Waals surface area contributed by atoms with E-state index < -0.39 is 0 Å². The molecule has 1 aromatic carbocycles. The van der Waals surface area contributed by atoms with Crippen molar-refractivity contribution in [1.82, 2.24) is 0 Å². The second-order valence-corrected chi connectivity index (χ2v) is 2.97. The Morgan fingerprint density at radius 2 is 2.25 bits per heavy atom. The molecule has 0 fully saturated rings. The smallest absolute Gasteiger partial charge is 0.133 e. The SMILES string of the molecule is CCc1ccc(C(N)=S)c(F)c1. The van der Waals surface area contributed by atoms with Crippen LogP contribution in [0.1, 0.15) is 18.1 Å². The molecule has 64 valence electrons. The van der Waals surface area contributed by atoms with Gasteiger partial charge in [0.2, 0.25) is 0 Å². The van der Waals surface area contributed by atoms with E-state index >= 15 is 0 Å². The van der Waals surface area contributed by atoms with Gasteiger partial charge in [-0.05, 0) is 24.1 Å². The zero-order valence-corrected chi connectivity index (χ0v) is 7.62. The van der Waals surface area contributed by atoms with E-state index in [1.807, 2.05) is 13.0 Å². The predicted molar refractivity (Wildman–Crippen MR) is 51.7 cm³/mol. The lowest BCUT2D eigenvalue weighted by Gasteiger charge is -2.02. The van der Waals surface area contributed by atoms with E-state index in [0.29, 0.717) is 5.56 Å². The van der Waals surface area contributed by atoms with Crippen LogP contribution in [0.25, 0.3) is 0 Å². The van der Waals surface area contributed by atoms with Crippen LogP contribution in [0.2, 0.25) is 0 Å². The van der Waals surface area contributed by atoms with Crippen molar-refractivity contribution in [1.29, 1.82) is 0 Å². The van der Waals surface area contributed by atoms with Crippen molar-refractivity contribution in [2.24, 2.45) is 5.73 Å². The third kappa shape index (κ3) is 1.80. The predicted octanol–water partition coefficient (Wildman–Crippen LogP) is 2.02. The molecular weight excluding hydrogens is 173 g/mol. The zero-order chi connectivity index (χ0) is 9.14. The van der Waals surface area contributed by atoms with Crippen LogP contribution in [-0.2, 0) is 6.42 Å². The molecule has 12 heavy (non-hydrogen) atoms. The van der Waals surface area contributed by atoms with Gasteiger partial charge in [0.05, 0.1) is 0 Å². The van der Waals surface area contributed by atoms with Gasteiger partial charge >= 0.3 is 0 Å². The summed E-state index contributed by atoms with van der Waals surface area (Å²) in [5, 5.41) is 0. The fourth-order valence-electron chi connectivity index (χ4n) is 0.978. The van der Waals surface area contributed by atoms with E-state index in [-0.39, 0.29) is 10.8 Å². The third-order valence-corrected chi connectivity index (χ3v) is 1.93. The molecule has 0 saturated carbocycles. The summed E-state index contributed by atoms with van der Waals surface area (Å²) >= 11 is 4.67. The van der Waals surface area contributed by atoms with E-state index in [2.05, 4.69) is 12.2 Å². The van der Waals surface area contributed by atoms with Gasteiger partial charge in [0.15, 0.2) is 0 Å². The van der Waals surface area contributed by atoms with Gasteiger partial charge in [-0.25, -0.2) is 4.39 Å². The molecule has 2 N–H and O–H groups in total. The fraction of sp³-hybridized carbons (Fsp3) is 0.222. The maximum absolute atomic E-state index is 13.1. The molecule has 0 aliphatic rings. The van der Waals surface area contributed by atoms with Crippen molar-refractivity contribution in [3.05, 3.63) is 35.1 Å². The Bertz CT molecular complexity index is 309. The summed E-state index contributed by atoms with van der Waals surface area (Å²) in [6.45, 7) is 1.97. The Morgan fingerprint density at radius 1 is 1.58 bits per heavy atom. The van der Waals surface area contributed by atoms with Gasteiger partial charge in [0.1, 0.15) is 10.8 Å². The first-order valence-corrected chi connectivity index (χ1v) is 4.14. The molecule has 1 aromatic rings. The van der Waals surface area contributed by atoms with E-state index in [1.54, 1.807) is 6.07 Å². The third-order valence-electron chi connectivity index (χ3n) is 1.71. The Morgan fingerprint density at radius 3 is 2.67 bits per heavy atom. The minimum Gasteiger partial charge on any atom is -0.389 e. The van der Waals surface area contributed by atoms with Crippen LogP contribution in [0.5, 0.6) is 0 Å². The fourth-order valence-corrected chi connectivity index (χ4v) is 1.14. The highest BCUT2D eigenvalue weighted by atomic mass is 32.1. The molecular formula is C9H10FNS. The molecule has 0 radical (unpaired) electrons. The van der Waals surface area contributed by atoms with Gasteiger partial charge in [0, 0.05) is 5.56 Å². The van der Waals surface area contributed by atoms with Crippen LogP contribution >= 0.6 is 12.2 Å². The summed E-state index contributed by atoms with van der Waals surface area (Å²) in [6, 6.07) is 4.92. The number of hydrogen-bond acceptors (Lipinski definition) is 1. The Hall–Kier alpha value is -0.960. The Balaban J connectivity index is 3.12. The first-order valence-electron chi connectivity index (χ1n) is 3.73. The largest absolute Gasteiger partial charge is 0.389 e. The monoisotopic (exact) mass is 183 g/mol. The molecule has 3 heteroatoms.